The second-order valence-corrected chi connectivity index (χ2v) is 7.50. The fourth-order valence-corrected chi connectivity index (χ4v) is 4.13. The zero-order valence-corrected chi connectivity index (χ0v) is 17.7. The average Bonchev–Trinajstić information content (AvgIpc) is 2.56. The highest BCUT2D eigenvalue weighted by Crippen LogP contribution is 2.27. The van der Waals surface area contributed by atoms with E-state index in [-0.39, 0.29) is 0 Å². The molecule has 1 atom stereocenters. The first-order chi connectivity index (χ1) is 10.7. The van der Waals surface area contributed by atoms with Gasteiger partial charge in [0.25, 0.3) is 0 Å². The molecule has 0 fully saturated rings. The molecule has 1 aromatic rings. The van der Waals surface area contributed by atoms with Gasteiger partial charge in [-0.1, -0.05) is 96.9 Å². The summed E-state index contributed by atoms with van der Waals surface area (Å²) in [6.45, 7) is 6.91. The molecular formula is C20H32Br2. The van der Waals surface area contributed by atoms with Crippen molar-refractivity contribution in [3.05, 3.63) is 34.4 Å². The maximum Gasteiger partial charge on any atom is 0.0285 e. The maximum atomic E-state index is 3.71. The quantitative estimate of drug-likeness (QED) is 0.316. The number of benzene rings is 1. The monoisotopic (exact) mass is 430 g/mol. The van der Waals surface area contributed by atoms with Crippen LogP contribution in [0.25, 0.3) is 0 Å². The van der Waals surface area contributed by atoms with Gasteiger partial charge in [0, 0.05) is 10.7 Å². The van der Waals surface area contributed by atoms with Gasteiger partial charge in [0.1, 0.15) is 0 Å². The van der Waals surface area contributed by atoms with Crippen LogP contribution in [-0.4, -0.2) is 0 Å². The van der Waals surface area contributed by atoms with Crippen molar-refractivity contribution in [3.8, 4) is 0 Å². The second kappa shape index (κ2) is 11.7. The molecule has 0 aliphatic rings. The standard InChI is InChI=1S/C20H32Br2/c1-4-7-9-16(6-3)11-18-13-19(14-21)17(10-8-5-2)12-20(18)15-22/h12-13,16H,4-11,14-15H2,1-3H3. The van der Waals surface area contributed by atoms with Gasteiger partial charge in [-0.05, 0) is 47.4 Å². The van der Waals surface area contributed by atoms with Crippen molar-refractivity contribution in [3.63, 3.8) is 0 Å². The number of aryl methyl sites for hydroxylation is 1. The zero-order valence-electron chi connectivity index (χ0n) is 14.6. The fourth-order valence-electron chi connectivity index (χ4n) is 3.08. The Labute approximate surface area is 154 Å². The first kappa shape index (κ1) is 20.2. The smallest absolute Gasteiger partial charge is 0.0285 e. The van der Waals surface area contributed by atoms with Crippen LogP contribution in [0.3, 0.4) is 0 Å². The third kappa shape index (κ3) is 6.35. The molecule has 0 aromatic heterocycles. The van der Waals surface area contributed by atoms with Crippen molar-refractivity contribution in [2.45, 2.75) is 82.8 Å². The largest absolute Gasteiger partial charge is 0.0876 e. The van der Waals surface area contributed by atoms with E-state index in [0.717, 1.165) is 16.6 Å². The normalized spacial score (nSPS) is 12.6. The van der Waals surface area contributed by atoms with Crippen molar-refractivity contribution >= 4 is 31.9 Å². The molecule has 0 aliphatic heterocycles. The van der Waals surface area contributed by atoms with Gasteiger partial charge in [-0.2, -0.15) is 0 Å². The van der Waals surface area contributed by atoms with E-state index in [4.69, 9.17) is 0 Å². The highest BCUT2D eigenvalue weighted by molar-refractivity contribution is 9.08. The number of alkyl halides is 2. The summed E-state index contributed by atoms with van der Waals surface area (Å²) in [6, 6.07) is 4.94. The van der Waals surface area contributed by atoms with Crippen LogP contribution in [0.15, 0.2) is 12.1 Å². The second-order valence-electron chi connectivity index (χ2n) is 6.38. The van der Waals surface area contributed by atoms with Gasteiger partial charge in [0.2, 0.25) is 0 Å². The van der Waals surface area contributed by atoms with Gasteiger partial charge in [-0.25, -0.2) is 0 Å². The van der Waals surface area contributed by atoms with E-state index in [1.54, 1.807) is 11.1 Å². The summed E-state index contributed by atoms with van der Waals surface area (Å²) in [6.07, 6.45) is 10.3. The topological polar surface area (TPSA) is 0 Å². The van der Waals surface area contributed by atoms with Crippen molar-refractivity contribution in [1.82, 2.24) is 0 Å². The minimum Gasteiger partial charge on any atom is -0.0876 e. The first-order valence-electron chi connectivity index (χ1n) is 8.95. The van der Waals surface area contributed by atoms with Gasteiger partial charge < -0.3 is 0 Å². The Hall–Kier alpha value is 0.180. The number of unbranched alkanes of at least 4 members (excludes halogenated alkanes) is 2. The van der Waals surface area contributed by atoms with Crippen LogP contribution >= 0.6 is 31.9 Å². The number of rotatable bonds is 11. The van der Waals surface area contributed by atoms with E-state index < -0.39 is 0 Å². The summed E-state index contributed by atoms with van der Waals surface area (Å²) >= 11 is 7.40. The molecule has 0 amide bonds. The Morgan fingerprint density at radius 1 is 0.818 bits per heavy atom. The summed E-state index contributed by atoms with van der Waals surface area (Å²) in [7, 11) is 0. The van der Waals surface area contributed by atoms with Crippen LogP contribution in [0.2, 0.25) is 0 Å². The molecule has 2 heteroatoms. The number of halogens is 2. The lowest BCUT2D eigenvalue weighted by Crippen LogP contribution is -2.07. The molecule has 0 saturated heterocycles. The molecule has 0 bridgehead atoms. The fraction of sp³-hybridized carbons (Fsp3) is 0.700. The average molecular weight is 432 g/mol. The molecule has 0 N–H and O–H groups in total. The number of hydrogen-bond acceptors (Lipinski definition) is 0. The van der Waals surface area contributed by atoms with Gasteiger partial charge in [-0.15, -0.1) is 0 Å². The molecular weight excluding hydrogens is 400 g/mol. The summed E-state index contributed by atoms with van der Waals surface area (Å²) in [5, 5.41) is 1.96. The lowest BCUT2D eigenvalue weighted by molar-refractivity contribution is 0.448. The maximum absolute atomic E-state index is 3.71. The predicted molar refractivity (Wildman–Crippen MR) is 107 cm³/mol. The minimum absolute atomic E-state index is 0.836. The van der Waals surface area contributed by atoms with Crippen LogP contribution < -0.4 is 0 Å². The van der Waals surface area contributed by atoms with E-state index >= 15 is 0 Å². The molecule has 1 unspecified atom stereocenters. The Morgan fingerprint density at radius 3 is 1.95 bits per heavy atom. The Kier molecular flexibility index (Phi) is 10.7. The van der Waals surface area contributed by atoms with Crippen molar-refractivity contribution in [2.24, 2.45) is 5.92 Å². The third-order valence-electron chi connectivity index (χ3n) is 4.66. The van der Waals surface area contributed by atoms with E-state index in [1.807, 2.05) is 0 Å². The lowest BCUT2D eigenvalue weighted by atomic mass is 9.88. The van der Waals surface area contributed by atoms with Gasteiger partial charge >= 0.3 is 0 Å². The van der Waals surface area contributed by atoms with Crippen molar-refractivity contribution < 1.29 is 0 Å². The molecule has 0 saturated carbocycles. The minimum atomic E-state index is 0.836. The molecule has 126 valence electrons. The lowest BCUT2D eigenvalue weighted by Gasteiger charge is -2.19. The number of hydrogen-bond donors (Lipinski definition) is 0. The van der Waals surface area contributed by atoms with Crippen molar-refractivity contribution in [2.75, 3.05) is 0 Å². The van der Waals surface area contributed by atoms with Gasteiger partial charge in [0.05, 0.1) is 0 Å². The Morgan fingerprint density at radius 2 is 1.41 bits per heavy atom. The van der Waals surface area contributed by atoms with E-state index in [1.165, 1.54) is 62.5 Å². The Balaban J connectivity index is 2.97. The molecule has 0 heterocycles. The third-order valence-corrected chi connectivity index (χ3v) is 5.87. The molecule has 0 nitrogen and oxygen atoms in total. The molecule has 1 aromatic carbocycles. The highest BCUT2D eigenvalue weighted by Gasteiger charge is 2.13. The zero-order chi connectivity index (χ0) is 16.4. The van der Waals surface area contributed by atoms with Crippen molar-refractivity contribution in [1.29, 1.82) is 0 Å². The van der Waals surface area contributed by atoms with Crippen LogP contribution in [0.1, 0.15) is 81.5 Å². The van der Waals surface area contributed by atoms with E-state index in [2.05, 4.69) is 64.8 Å². The van der Waals surface area contributed by atoms with Crippen LogP contribution in [-0.2, 0) is 23.5 Å². The predicted octanol–water partition coefficient (Wildman–Crippen LogP) is 7.58. The summed E-state index contributed by atoms with van der Waals surface area (Å²) in [5.41, 5.74) is 6.11. The van der Waals surface area contributed by atoms with Gasteiger partial charge in [-0.3, -0.25) is 0 Å². The van der Waals surface area contributed by atoms with Gasteiger partial charge in [0.15, 0.2) is 0 Å². The highest BCUT2D eigenvalue weighted by atomic mass is 79.9. The Bertz CT molecular complexity index is 426. The van der Waals surface area contributed by atoms with E-state index in [9.17, 15) is 0 Å². The van der Waals surface area contributed by atoms with Crippen LogP contribution in [0.4, 0.5) is 0 Å². The van der Waals surface area contributed by atoms with Crippen LogP contribution in [0, 0.1) is 5.92 Å². The molecule has 1 rings (SSSR count). The molecule has 22 heavy (non-hydrogen) atoms. The van der Waals surface area contributed by atoms with Crippen LogP contribution in [0.5, 0.6) is 0 Å². The molecule has 0 aliphatic carbocycles. The molecule has 0 spiro atoms. The first-order valence-corrected chi connectivity index (χ1v) is 11.2. The summed E-state index contributed by atoms with van der Waals surface area (Å²) < 4.78 is 0. The summed E-state index contributed by atoms with van der Waals surface area (Å²) in [5.74, 6) is 0.836. The van der Waals surface area contributed by atoms with E-state index in [0.29, 0.717) is 0 Å². The molecule has 0 radical (unpaired) electrons. The SMILES string of the molecule is CCCCc1cc(CBr)c(CC(CC)CCCC)cc1CBr. The summed E-state index contributed by atoms with van der Waals surface area (Å²) in [4.78, 5) is 0.